The van der Waals surface area contributed by atoms with Gasteiger partial charge in [0, 0.05) is 32.9 Å². The second-order valence-corrected chi connectivity index (χ2v) is 12.9. The van der Waals surface area contributed by atoms with Gasteiger partial charge < -0.3 is 20.1 Å². The van der Waals surface area contributed by atoms with Gasteiger partial charge in [-0.25, -0.2) is 10.4 Å². The van der Waals surface area contributed by atoms with Crippen molar-refractivity contribution in [1.82, 2.24) is 10.4 Å². The van der Waals surface area contributed by atoms with Gasteiger partial charge in [0.05, 0.1) is 32.1 Å². The van der Waals surface area contributed by atoms with Crippen molar-refractivity contribution in [2.45, 2.75) is 6.92 Å². The number of benzene rings is 4. The van der Waals surface area contributed by atoms with Crippen LogP contribution in [0.4, 0.5) is 16.5 Å². The van der Waals surface area contributed by atoms with E-state index < -0.39 is 0 Å². The third-order valence-corrected chi connectivity index (χ3v) is 8.85. The molecule has 1 heterocycles. The number of carbonyl (C=O) groups excluding carboxylic acids is 2. The van der Waals surface area contributed by atoms with Crippen LogP contribution in [-0.4, -0.2) is 36.2 Å². The second-order valence-electron chi connectivity index (χ2n) is 9.68. The van der Waals surface area contributed by atoms with Crippen LogP contribution in [0.1, 0.15) is 22.8 Å². The number of hydrogen-bond acceptors (Lipinski definition) is 8. The smallest absolute Gasteiger partial charge is 0.271 e. The number of ether oxygens (including phenoxy) is 2. The van der Waals surface area contributed by atoms with Gasteiger partial charge >= 0.3 is 0 Å². The molecule has 9 nitrogen and oxygen atoms in total. The van der Waals surface area contributed by atoms with Gasteiger partial charge in [0.1, 0.15) is 0 Å². The number of hydrazone groups is 1. The lowest BCUT2D eigenvalue weighted by atomic mass is 10.1. The van der Waals surface area contributed by atoms with Gasteiger partial charge in [0.25, 0.3) is 11.8 Å². The molecule has 2 amide bonds. The highest BCUT2D eigenvalue weighted by Crippen LogP contribution is 2.34. The van der Waals surface area contributed by atoms with Crippen molar-refractivity contribution in [1.29, 1.82) is 0 Å². The number of aromatic nitrogens is 1. The Morgan fingerprint density at radius 3 is 2.40 bits per heavy atom. The van der Waals surface area contributed by atoms with Crippen LogP contribution in [0, 0.1) is 3.57 Å². The normalized spacial score (nSPS) is 10.9. The number of nitrogens with zero attached hydrogens (tertiary/aromatic N) is 2. The molecule has 0 aliphatic carbocycles. The number of halogens is 4. The van der Waals surface area contributed by atoms with E-state index in [0.717, 1.165) is 22.1 Å². The largest absolute Gasteiger partial charge is 0.490 e. The molecule has 0 radical (unpaired) electrons. The molecule has 0 aliphatic heterocycles. The highest BCUT2D eigenvalue weighted by Gasteiger charge is 2.15. The van der Waals surface area contributed by atoms with Crippen LogP contribution in [0.5, 0.6) is 11.5 Å². The molecule has 0 saturated carbocycles. The van der Waals surface area contributed by atoms with E-state index in [9.17, 15) is 9.59 Å². The standard InChI is InChI=1S/C33H25Cl3IN5O4S/c1-2-45-29-14-19(13-27(37)31(29)46-17-30(43)39-24-11-12-25(35)26(36)15-24)16-38-42-32(44)21-5-3-20(4-6-21)28-18-47-33(41-28)40-23-9-7-22(34)8-10-23/h3-16,18H,2,17H2,1H3,(H,39,43)(H,40,41)(H,42,44)/b38-16-. The molecule has 4 aromatic carbocycles. The molecular formula is C33H25Cl3IN5O4S. The van der Waals surface area contributed by atoms with E-state index in [1.54, 1.807) is 42.5 Å². The third-order valence-electron chi connectivity index (χ3n) is 6.30. The maximum atomic E-state index is 12.8. The zero-order valence-electron chi connectivity index (χ0n) is 24.5. The summed E-state index contributed by atoms with van der Waals surface area (Å²) in [6.07, 6.45) is 1.50. The minimum Gasteiger partial charge on any atom is -0.490 e. The van der Waals surface area contributed by atoms with Crippen LogP contribution in [0.25, 0.3) is 11.3 Å². The number of amides is 2. The first kappa shape index (κ1) is 34.5. The number of anilines is 3. The van der Waals surface area contributed by atoms with E-state index in [4.69, 9.17) is 44.3 Å². The molecule has 0 saturated heterocycles. The SMILES string of the molecule is CCOc1cc(/C=N\NC(=O)c2ccc(-c3csc(Nc4ccc(Cl)cc4)n3)cc2)cc(I)c1OCC(=O)Nc1ccc(Cl)c(Cl)c1. The number of hydrogen-bond donors (Lipinski definition) is 3. The van der Waals surface area contributed by atoms with Crippen LogP contribution in [0.15, 0.2) is 89.3 Å². The predicted molar refractivity (Wildman–Crippen MR) is 198 cm³/mol. The molecule has 0 spiro atoms. The fourth-order valence-corrected chi connectivity index (χ4v) is 6.06. The van der Waals surface area contributed by atoms with Gasteiger partial charge in [-0.15, -0.1) is 11.3 Å². The van der Waals surface area contributed by atoms with Gasteiger partial charge in [-0.2, -0.15) is 5.10 Å². The number of nitrogens with one attached hydrogen (secondary N) is 3. The lowest BCUT2D eigenvalue weighted by Gasteiger charge is -2.14. The first-order chi connectivity index (χ1) is 22.7. The Morgan fingerprint density at radius 2 is 1.68 bits per heavy atom. The van der Waals surface area contributed by atoms with E-state index in [2.05, 4.69) is 48.7 Å². The van der Waals surface area contributed by atoms with E-state index in [1.165, 1.54) is 17.6 Å². The highest BCUT2D eigenvalue weighted by molar-refractivity contribution is 14.1. The molecule has 0 atom stereocenters. The van der Waals surface area contributed by atoms with E-state index in [0.29, 0.717) is 53.6 Å². The Morgan fingerprint density at radius 1 is 0.936 bits per heavy atom. The summed E-state index contributed by atoms with van der Waals surface area (Å²) in [6.45, 7) is 1.95. The number of thiazole rings is 1. The maximum absolute atomic E-state index is 12.8. The molecule has 240 valence electrons. The first-order valence-electron chi connectivity index (χ1n) is 13.9. The molecule has 0 unspecified atom stereocenters. The highest BCUT2D eigenvalue weighted by atomic mass is 127. The molecule has 3 N–H and O–H groups in total. The zero-order valence-corrected chi connectivity index (χ0v) is 29.8. The average molecular weight is 821 g/mol. The van der Waals surface area contributed by atoms with Crippen molar-refractivity contribution in [2.75, 3.05) is 23.8 Å². The minimum atomic E-state index is -0.384. The average Bonchev–Trinajstić information content (AvgIpc) is 3.52. The van der Waals surface area contributed by atoms with Gasteiger partial charge in [0.15, 0.2) is 23.2 Å². The second kappa shape index (κ2) is 16.3. The van der Waals surface area contributed by atoms with Crippen molar-refractivity contribution in [3.8, 4) is 22.8 Å². The summed E-state index contributed by atoms with van der Waals surface area (Å²) in [6, 6.07) is 22.8. The van der Waals surface area contributed by atoms with E-state index in [1.807, 2.05) is 48.7 Å². The van der Waals surface area contributed by atoms with Gasteiger partial charge in [-0.3, -0.25) is 9.59 Å². The van der Waals surface area contributed by atoms with E-state index >= 15 is 0 Å². The van der Waals surface area contributed by atoms with Gasteiger partial charge in [-0.1, -0.05) is 46.9 Å². The van der Waals surface area contributed by atoms with Crippen LogP contribution in [0.3, 0.4) is 0 Å². The quantitative estimate of drug-likeness (QED) is 0.0657. The van der Waals surface area contributed by atoms with Gasteiger partial charge in [-0.05, 0) is 102 Å². The summed E-state index contributed by atoms with van der Waals surface area (Å²) >= 11 is 21.5. The van der Waals surface area contributed by atoms with Crippen LogP contribution in [0.2, 0.25) is 15.1 Å². The zero-order chi connectivity index (χ0) is 33.3. The summed E-state index contributed by atoms with van der Waals surface area (Å²) in [7, 11) is 0. The molecule has 47 heavy (non-hydrogen) atoms. The minimum absolute atomic E-state index is 0.261. The molecular weight excluding hydrogens is 796 g/mol. The summed E-state index contributed by atoms with van der Waals surface area (Å²) in [5.41, 5.74) is 6.69. The topological polar surface area (TPSA) is 114 Å². The Labute approximate surface area is 303 Å². The fraction of sp³-hybridized carbons (Fsp3) is 0.0909. The summed E-state index contributed by atoms with van der Waals surface area (Å²) in [5.74, 6) is 0.0824. The van der Waals surface area contributed by atoms with Crippen molar-refractivity contribution in [2.24, 2.45) is 5.10 Å². The number of carbonyl (C=O) groups is 2. The van der Waals surface area contributed by atoms with E-state index in [-0.39, 0.29) is 18.4 Å². The summed E-state index contributed by atoms with van der Waals surface area (Å²) in [4.78, 5) is 29.9. The van der Waals surface area contributed by atoms with Gasteiger partial charge in [0.2, 0.25) is 0 Å². The molecule has 14 heteroatoms. The fourth-order valence-electron chi connectivity index (χ4n) is 4.12. The van der Waals surface area contributed by atoms with Crippen molar-refractivity contribution >= 4 is 103 Å². The molecule has 5 aromatic rings. The lowest BCUT2D eigenvalue weighted by molar-refractivity contribution is -0.118. The molecule has 0 fully saturated rings. The Kier molecular flexibility index (Phi) is 11.9. The summed E-state index contributed by atoms with van der Waals surface area (Å²) < 4.78 is 12.3. The van der Waals surface area contributed by atoms with Crippen molar-refractivity contribution in [3.63, 3.8) is 0 Å². The predicted octanol–water partition coefficient (Wildman–Crippen LogP) is 9.30. The number of rotatable bonds is 12. The lowest BCUT2D eigenvalue weighted by Crippen LogP contribution is -2.20. The molecule has 5 rings (SSSR count). The van der Waals surface area contributed by atoms with Crippen LogP contribution >= 0.6 is 68.7 Å². The van der Waals surface area contributed by atoms with Crippen molar-refractivity contribution in [3.05, 3.63) is 114 Å². The van der Waals surface area contributed by atoms with Crippen LogP contribution in [-0.2, 0) is 4.79 Å². The first-order valence-corrected chi connectivity index (χ1v) is 17.0. The van der Waals surface area contributed by atoms with Crippen LogP contribution < -0.4 is 25.5 Å². The molecule has 0 bridgehead atoms. The van der Waals surface area contributed by atoms with Crippen molar-refractivity contribution < 1.29 is 19.1 Å². The third kappa shape index (κ3) is 9.58. The molecule has 1 aromatic heterocycles. The monoisotopic (exact) mass is 819 g/mol. The Hall–Kier alpha value is -3.88. The maximum Gasteiger partial charge on any atom is 0.271 e. The summed E-state index contributed by atoms with van der Waals surface area (Å²) in [5, 5.41) is 14.2. The Balaban J connectivity index is 1.17. The Bertz CT molecular complexity index is 1920. The molecule has 0 aliphatic rings.